The summed E-state index contributed by atoms with van der Waals surface area (Å²) < 4.78 is 10.5. The molecule has 19 heavy (non-hydrogen) atoms. The lowest BCUT2D eigenvalue weighted by atomic mass is 9.95. The first kappa shape index (κ1) is 15.5. The van der Waals surface area contributed by atoms with E-state index in [1.807, 2.05) is 32.0 Å². The van der Waals surface area contributed by atoms with E-state index < -0.39 is 5.41 Å². The van der Waals surface area contributed by atoms with Crippen LogP contribution in [0.2, 0.25) is 0 Å². The summed E-state index contributed by atoms with van der Waals surface area (Å²) in [6.07, 6.45) is 0. The lowest BCUT2D eigenvalue weighted by Crippen LogP contribution is -2.32. The van der Waals surface area contributed by atoms with Crippen LogP contribution in [0.5, 0.6) is 5.75 Å². The van der Waals surface area contributed by atoms with Gasteiger partial charge in [0.25, 0.3) is 0 Å². The predicted molar refractivity (Wildman–Crippen MR) is 75.1 cm³/mol. The maximum atomic E-state index is 11.6. The van der Waals surface area contributed by atoms with Crippen LogP contribution >= 0.6 is 0 Å². The van der Waals surface area contributed by atoms with Gasteiger partial charge in [-0.2, -0.15) is 0 Å². The van der Waals surface area contributed by atoms with Crippen molar-refractivity contribution in [2.75, 3.05) is 13.7 Å². The Balaban J connectivity index is 2.76. The molecule has 106 valence electrons. The van der Waals surface area contributed by atoms with E-state index in [1.54, 1.807) is 13.8 Å². The van der Waals surface area contributed by atoms with Crippen molar-refractivity contribution in [3.8, 4) is 5.75 Å². The number of carbonyl (C=O) groups is 1. The summed E-state index contributed by atoms with van der Waals surface area (Å²) in [4.78, 5) is 11.6. The number of aryl methyl sites for hydroxylation is 1. The van der Waals surface area contributed by atoms with Crippen molar-refractivity contribution in [3.05, 3.63) is 29.3 Å². The zero-order valence-corrected chi connectivity index (χ0v) is 12.3. The van der Waals surface area contributed by atoms with E-state index in [9.17, 15) is 4.79 Å². The Bertz CT molecular complexity index is 453. The van der Waals surface area contributed by atoms with Crippen LogP contribution in [-0.2, 0) is 9.53 Å². The number of ether oxygens (including phenoxy) is 2. The number of rotatable bonds is 5. The van der Waals surface area contributed by atoms with Crippen LogP contribution < -0.4 is 10.5 Å². The molecule has 0 saturated carbocycles. The van der Waals surface area contributed by atoms with Gasteiger partial charge in [-0.15, -0.1) is 0 Å². The van der Waals surface area contributed by atoms with Gasteiger partial charge in [0.15, 0.2) is 0 Å². The smallest absolute Gasteiger partial charge is 0.314 e. The van der Waals surface area contributed by atoms with Crippen LogP contribution in [0, 0.1) is 12.3 Å². The van der Waals surface area contributed by atoms with Gasteiger partial charge in [0, 0.05) is 6.04 Å². The Hall–Kier alpha value is -1.55. The van der Waals surface area contributed by atoms with Crippen LogP contribution in [0.25, 0.3) is 0 Å². The molecule has 1 rings (SSSR count). The second kappa shape index (κ2) is 6.06. The van der Waals surface area contributed by atoms with E-state index in [-0.39, 0.29) is 18.6 Å². The lowest BCUT2D eigenvalue weighted by molar-refractivity contribution is -0.152. The van der Waals surface area contributed by atoms with Crippen molar-refractivity contribution in [2.24, 2.45) is 11.1 Å². The fourth-order valence-corrected chi connectivity index (χ4v) is 1.71. The summed E-state index contributed by atoms with van der Waals surface area (Å²) in [7, 11) is 1.38. The molecule has 0 aromatic heterocycles. The molecule has 0 radical (unpaired) electrons. The lowest BCUT2D eigenvalue weighted by Gasteiger charge is -2.22. The quantitative estimate of drug-likeness (QED) is 0.831. The Labute approximate surface area is 114 Å². The molecule has 1 atom stereocenters. The third-order valence-electron chi connectivity index (χ3n) is 3.05. The van der Waals surface area contributed by atoms with E-state index in [0.29, 0.717) is 0 Å². The van der Waals surface area contributed by atoms with Gasteiger partial charge in [0.2, 0.25) is 0 Å². The molecule has 0 bridgehead atoms. The van der Waals surface area contributed by atoms with Crippen LogP contribution in [0.4, 0.5) is 0 Å². The number of hydrogen-bond donors (Lipinski definition) is 1. The number of esters is 1. The first-order valence-electron chi connectivity index (χ1n) is 6.35. The fraction of sp³-hybridized carbons (Fsp3) is 0.533. The second-order valence-electron chi connectivity index (χ2n) is 5.48. The summed E-state index contributed by atoms with van der Waals surface area (Å²) in [5, 5.41) is 0. The van der Waals surface area contributed by atoms with Crippen molar-refractivity contribution in [2.45, 2.75) is 33.7 Å². The van der Waals surface area contributed by atoms with Crippen molar-refractivity contribution >= 4 is 5.97 Å². The van der Waals surface area contributed by atoms with Crippen molar-refractivity contribution in [1.82, 2.24) is 0 Å². The molecular weight excluding hydrogens is 242 g/mol. The maximum absolute atomic E-state index is 11.6. The third-order valence-corrected chi connectivity index (χ3v) is 3.05. The summed E-state index contributed by atoms with van der Waals surface area (Å²) in [6.45, 7) is 7.77. The zero-order chi connectivity index (χ0) is 14.6. The highest BCUT2D eigenvalue weighted by atomic mass is 16.5. The van der Waals surface area contributed by atoms with E-state index >= 15 is 0 Å². The summed E-state index contributed by atoms with van der Waals surface area (Å²) >= 11 is 0. The summed E-state index contributed by atoms with van der Waals surface area (Å²) in [6, 6.07) is 5.84. The highest BCUT2D eigenvalue weighted by Crippen LogP contribution is 2.25. The molecule has 0 fully saturated rings. The molecule has 0 aliphatic carbocycles. The van der Waals surface area contributed by atoms with Gasteiger partial charge >= 0.3 is 5.97 Å². The molecule has 0 spiro atoms. The summed E-state index contributed by atoms with van der Waals surface area (Å²) in [5.74, 6) is 0.485. The topological polar surface area (TPSA) is 61.5 Å². The molecule has 4 heteroatoms. The number of benzene rings is 1. The Kier molecular flexibility index (Phi) is 4.95. The van der Waals surface area contributed by atoms with E-state index in [1.165, 1.54) is 7.11 Å². The zero-order valence-electron chi connectivity index (χ0n) is 12.3. The standard InChI is InChI=1S/C15H23NO3/c1-10-8-12(11(2)16)6-7-13(10)19-9-15(3,4)14(17)18-5/h6-8,11H,9,16H2,1-5H3/t11-/m0/s1. The van der Waals surface area contributed by atoms with Gasteiger partial charge in [-0.1, -0.05) is 12.1 Å². The van der Waals surface area contributed by atoms with E-state index in [0.717, 1.165) is 16.9 Å². The number of methoxy groups -OCH3 is 1. The minimum Gasteiger partial charge on any atom is -0.492 e. The highest BCUT2D eigenvalue weighted by Gasteiger charge is 2.29. The molecule has 4 nitrogen and oxygen atoms in total. The van der Waals surface area contributed by atoms with Crippen LogP contribution in [-0.4, -0.2) is 19.7 Å². The largest absolute Gasteiger partial charge is 0.492 e. The Morgan fingerprint density at radius 3 is 2.53 bits per heavy atom. The minimum atomic E-state index is -0.666. The van der Waals surface area contributed by atoms with Crippen molar-refractivity contribution < 1.29 is 14.3 Å². The second-order valence-corrected chi connectivity index (χ2v) is 5.48. The van der Waals surface area contributed by atoms with Crippen LogP contribution in [0.3, 0.4) is 0 Å². The molecule has 1 aromatic rings. The van der Waals surface area contributed by atoms with Crippen LogP contribution in [0.15, 0.2) is 18.2 Å². The minimum absolute atomic E-state index is 0.000685. The van der Waals surface area contributed by atoms with E-state index in [4.69, 9.17) is 15.2 Å². The van der Waals surface area contributed by atoms with Gasteiger partial charge in [0.05, 0.1) is 12.5 Å². The first-order valence-corrected chi connectivity index (χ1v) is 6.35. The van der Waals surface area contributed by atoms with Gasteiger partial charge in [-0.3, -0.25) is 4.79 Å². The SMILES string of the molecule is COC(=O)C(C)(C)COc1ccc([C@H](C)N)cc1C. The molecule has 0 aliphatic rings. The van der Waals surface area contributed by atoms with Gasteiger partial charge in [0.1, 0.15) is 12.4 Å². The Morgan fingerprint density at radius 1 is 1.42 bits per heavy atom. The van der Waals surface area contributed by atoms with Gasteiger partial charge in [-0.25, -0.2) is 0 Å². The molecule has 2 N–H and O–H groups in total. The number of nitrogens with two attached hydrogens (primary N) is 1. The average Bonchev–Trinajstić information content (AvgIpc) is 2.36. The Morgan fingerprint density at radius 2 is 2.05 bits per heavy atom. The predicted octanol–water partition coefficient (Wildman–Crippen LogP) is 2.59. The van der Waals surface area contributed by atoms with Crippen molar-refractivity contribution in [3.63, 3.8) is 0 Å². The molecular formula is C15H23NO3. The first-order chi connectivity index (χ1) is 8.77. The van der Waals surface area contributed by atoms with Gasteiger partial charge < -0.3 is 15.2 Å². The molecule has 0 unspecified atom stereocenters. The molecule has 1 aromatic carbocycles. The highest BCUT2D eigenvalue weighted by molar-refractivity contribution is 5.75. The average molecular weight is 265 g/mol. The maximum Gasteiger partial charge on any atom is 0.314 e. The molecule has 0 aliphatic heterocycles. The fourth-order valence-electron chi connectivity index (χ4n) is 1.71. The summed E-state index contributed by atoms with van der Waals surface area (Å²) in [5.41, 5.74) is 7.24. The van der Waals surface area contributed by atoms with Crippen LogP contribution in [0.1, 0.15) is 37.9 Å². The number of carbonyl (C=O) groups excluding carboxylic acids is 1. The third kappa shape index (κ3) is 3.96. The van der Waals surface area contributed by atoms with Crippen molar-refractivity contribution in [1.29, 1.82) is 0 Å². The molecule has 0 amide bonds. The monoisotopic (exact) mass is 265 g/mol. The normalized spacial score (nSPS) is 12.9. The van der Waals surface area contributed by atoms with E-state index in [2.05, 4.69) is 0 Å². The van der Waals surface area contributed by atoms with Gasteiger partial charge in [-0.05, 0) is 44.9 Å². The molecule has 0 saturated heterocycles. The number of hydrogen-bond acceptors (Lipinski definition) is 4. The molecule has 0 heterocycles.